The number of rotatable bonds is 8. The van der Waals surface area contributed by atoms with Crippen LogP contribution in [0.15, 0.2) is 77.7 Å². The van der Waals surface area contributed by atoms with Gasteiger partial charge < -0.3 is 14.6 Å². The molecule has 0 spiro atoms. The van der Waals surface area contributed by atoms with Gasteiger partial charge >= 0.3 is 0 Å². The molecule has 160 valence electrons. The van der Waals surface area contributed by atoms with Crippen LogP contribution in [0.1, 0.15) is 15.9 Å². The Morgan fingerprint density at radius 1 is 0.968 bits per heavy atom. The number of methoxy groups -OCH3 is 2. The van der Waals surface area contributed by atoms with Gasteiger partial charge in [0.2, 0.25) is 0 Å². The average molecular weight is 439 g/mol. The fourth-order valence-corrected chi connectivity index (χ4v) is 3.82. The number of phenols is 1. The smallest absolute Gasteiger partial charge is 0.261 e. The highest BCUT2D eigenvalue weighted by atomic mass is 32.2. The van der Waals surface area contributed by atoms with Crippen LogP contribution in [-0.2, 0) is 10.0 Å². The molecule has 2 N–H and O–H groups in total. The summed E-state index contributed by atoms with van der Waals surface area (Å²) in [5.74, 6) is 0.537. The zero-order valence-corrected chi connectivity index (χ0v) is 17.7. The fourth-order valence-electron chi connectivity index (χ4n) is 2.77. The summed E-state index contributed by atoms with van der Waals surface area (Å²) < 4.78 is 37.8. The van der Waals surface area contributed by atoms with Crippen LogP contribution >= 0.6 is 0 Å². The van der Waals surface area contributed by atoms with Gasteiger partial charge in [-0.25, -0.2) is 8.42 Å². The first-order valence-electron chi connectivity index (χ1n) is 9.19. The van der Waals surface area contributed by atoms with E-state index in [1.54, 1.807) is 48.5 Å². The number of hydrogen-bond acceptors (Lipinski definition) is 6. The maximum atomic E-state index is 12.6. The van der Waals surface area contributed by atoms with Crippen LogP contribution in [-0.4, -0.2) is 33.5 Å². The van der Waals surface area contributed by atoms with Crippen LogP contribution in [0.3, 0.4) is 0 Å². The first-order valence-corrected chi connectivity index (χ1v) is 10.7. The second-order valence-electron chi connectivity index (χ2n) is 6.49. The number of benzene rings is 3. The zero-order chi connectivity index (χ0) is 22.4. The lowest BCUT2D eigenvalue weighted by molar-refractivity contribution is 0.104. The molecule has 0 fully saturated rings. The second-order valence-corrected chi connectivity index (χ2v) is 8.17. The van der Waals surface area contributed by atoms with Crippen molar-refractivity contribution in [2.75, 3.05) is 18.9 Å². The van der Waals surface area contributed by atoms with Crippen molar-refractivity contribution >= 4 is 27.6 Å². The molecular formula is C23H21NO6S. The van der Waals surface area contributed by atoms with Gasteiger partial charge in [-0.2, -0.15) is 0 Å². The second kappa shape index (κ2) is 9.36. The van der Waals surface area contributed by atoms with Crippen molar-refractivity contribution in [2.24, 2.45) is 0 Å². The van der Waals surface area contributed by atoms with Crippen molar-refractivity contribution in [1.82, 2.24) is 0 Å². The minimum absolute atomic E-state index is 0.00261. The molecule has 3 aromatic rings. The molecule has 8 heteroatoms. The Hall–Kier alpha value is -3.78. The molecule has 0 aliphatic heterocycles. The number of aromatic hydroxyl groups is 1. The van der Waals surface area contributed by atoms with E-state index < -0.39 is 10.0 Å². The van der Waals surface area contributed by atoms with E-state index in [-0.39, 0.29) is 22.1 Å². The minimum Gasteiger partial charge on any atom is -0.504 e. The molecule has 0 bridgehead atoms. The lowest BCUT2D eigenvalue weighted by Crippen LogP contribution is -2.13. The molecule has 0 unspecified atom stereocenters. The summed E-state index contributed by atoms with van der Waals surface area (Å²) in [4.78, 5) is 12.6. The molecule has 0 aliphatic carbocycles. The monoisotopic (exact) mass is 439 g/mol. The molecule has 0 saturated heterocycles. The summed E-state index contributed by atoms with van der Waals surface area (Å²) in [7, 11) is -0.887. The number of hydrogen-bond donors (Lipinski definition) is 2. The van der Waals surface area contributed by atoms with E-state index in [1.807, 2.05) is 0 Å². The number of ketones is 1. The Morgan fingerprint density at radius 3 is 2.39 bits per heavy atom. The lowest BCUT2D eigenvalue weighted by atomic mass is 10.1. The number of nitrogens with one attached hydrogen (secondary N) is 1. The highest BCUT2D eigenvalue weighted by Gasteiger charge is 2.15. The van der Waals surface area contributed by atoms with E-state index in [0.717, 1.165) is 0 Å². The standard InChI is InChI=1S/C23H21NO6S/c1-29-19-8-10-20(11-9-19)31(27,28)24-18-5-3-4-17(15-18)21(25)12-6-16-7-13-22(26)23(14-16)30-2/h3-15,24,26H,1-2H3/b12-6+. The highest BCUT2D eigenvalue weighted by molar-refractivity contribution is 7.92. The number of sulfonamides is 1. The van der Waals surface area contributed by atoms with E-state index in [0.29, 0.717) is 22.6 Å². The Labute approximate surface area is 180 Å². The van der Waals surface area contributed by atoms with E-state index >= 15 is 0 Å². The SMILES string of the molecule is COc1ccc(S(=O)(=O)Nc2cccc(C(=O)/C=C/c3ccc(O)c(OC)c3)c2)cc1. The van der Waals surface area contributed by atoms with Crippen molar-refractivity contribution < 1.29 is 27.8 Å². The number of allylic oxidation sites excluding steroid dienone is 1. The molecule has 0 saturated carbocycles. The van der Waals surface area contributed by atoms with Gasteiger partial charge in [-0.05, 0) is 60.2 Å². The third-order valence-electron chi connectivity index (χ3n) is 4.40. The largest absolute Gasteiger partial charge is 0.504 e. The summed E-state index contributed by atoms with van der Waals surface area (Å²) in [6.45, 7) is 0. The number of carbonyl (C=O) groups is 1. The first-order chi connectivity index (χ1) is 14.8. The normalized spacial score (nSPS) is 11.3. The molecule has 0 amide bonds. The maximum absolute atomic E-state index is 12.6. The van der Waals surface area contributed by atoms with Gasteiger partial charge in [0.1, 0.15) is 5.75 Å². The summed E-state index contributed by atoms with van der Waals surface area (Å²) in [6, 6.07) is 16.9. The molecule has 31 heavy (non-hydrogen) atoms. The quantitative estimate of drug-likeness (QED) is 0.405. The maximum Gasteiger partial charge on any atom is 0.261 e. The minimum atomic E-state index is -3.82. The summed E-state index contributed by atoms with van der Waals surface area (Å²) in [5.41, 5.74) is 1.25. The molecule has 0 heterocycles. The van der Waals surface area contributed by atoms with Crippen molar-refractivity contribution in [3.8, 4) is 17.2 Å². The third-order valence-corrected chi connectivity index (χ3v) is 5.80. The summed E-state index contributed by atoms with van der Waals surface area (Å²) in [6.07, 6.45) is 2.95. The van der Waals surface area contributed by atoms with Gasteiger partial charge in [0, 0.05) is 11.3 Å². The number of carbonyl (C=O) groups excluding carboxylic acids is 1. The molecule has 0 aliphatic rings. The van der Waals surface area contributed by atoms with Crippen molar-refractivity contribution in [1.29, 1.82) is 0 Å². The molecular weight excluding hydrogens is 418 g/mol. The number of ether oxygens (including phenoxy) is 2. The van der Waals surface area contributed by atoms with E-state index in [4.69, 9.17) is 9.47 Å². The van der Waals surface area contributed by atoms with Gasteiger partial charge in [-0.3, -0.25) is 9.52 Å². The Kier molecular flexibility index (Phi) is 6.61. The summed E-state index contributed by atoms with van der Waals surface area (Å²) >= 11 is 0. The molecule has 3 rings (SSSR count). The van der Waals surface area contributed by atoms with Crippen LogP contribution in [0.2, 0.25) is 0 Å². The van der Waals surface area contributed by atoms with Crippen LogP contribution in [0, 0.1) is 0 Å². The topological polar surface area (TPSA) is 102 Å². The molecule has 0 aromatic heterocycles. The van der Waals surface area contributed by atoms with Gasteiger partial charge in [0.05, 0.1) is 19.1 Å². The van der Waals surface area contributed by atoms with Crippen molar-refractivity contribution in [3.63, 3.8) is 0 Å². The predicted octanol–water partition coefficient (Wildman–Crippen LogP) is 4.11. The van der Waals surface area contributed by atoms with Gasteiger partial charge in [-0.1, -0.05) is 24.3 Å². The van der Waals surface area contributed by atoms with E-state index in [1.165, 1.54) is 44.6 Å². The predicted molar refractivity (Wildman–Crippen MR) is 118 cm³/mol. The van der Waals surface area contributed by atoms with E-state index in [2.05, 4.69) is 4.72 Å². The van der Waals surface area contributed by atoms with Crippen LogP contribution in [0.5, 0.6) is 17.2 Å². The third kappa shape index (κ3) is 5.43. The Balaban J connectivity index is 1.76. The lowest BCUT2D eigenvalue weighted by Gasteiger charge is -2.09. The number of phenolic OH excluding ortho intramolecular Hbond substituents is 1. The zero-order valence-electron chi connectivity index (χ0n) is 16.9. The molecule has 0 radical (unpaired) electrons. The fraction of sp³-hybridized carbons (Fsp3) is 0.0870. The average Bonchev–Trinajstić information content (AvgIpc) is 2.78. The van der Waals surface area contributed by atoms with Crippen molar-refractivity contribution in [2.45, 2.75) is 4.90 Å². The summed E-state index contributed by atoms with van der Waals surface area (Å²) in [5, 5.41) is 9.64. The number of anilines is 1. The Bertz CT molecular complexity index is 1220. The van der Waals surface area contributed by atoms with Crippen LogP contribution in [0.25, 0.3) is 6.08 Å². The molecule has 0 atom stereocenters. The highest BCUT2D eigenvalue weighted by Crippen LogP contribution is 2.27. The Morgan fingerprint density at radius 2 is 1.71 bits per heavy atom. The van der Waals surface area contributed by atoms with Gasteiger partial charge in [-0.15, -0.1) is 0 Å². The van der Waals surface area contributed by atoms with Crippen LogP contribution < -0.4 is 14.2 Å². The van der Waals surface area contributed by atoms with Crippen LogP contribution in [0.4, 0.5) is 5.69 Å². The first kappa shape index (κ1) is 21.9. The van der Waals surface area contributed by atoms with E-state index in [9.17, 15) is 18.3 Å². The molecule has 3 aromatic carbocycles. The van der Waals surface area contributed by atoms with Crippen molar-refractivity contribution in [3.05, 3.63) is 83.9 Å². The van der Waals surface area contributed by atoms with Gasteiger partial charge in [0.15, 0.2) is 17.3 Å². The van der Waals surface area contributed by atoms with Gasteiger partial charge in [0.25, 0.3) is 10.0 Å². The molecule has 7 nitrogen and oxygen atoms in total.